The van der Waals surface area contributed by atoms with Crippen molar-refractivity contribution in [1.82, 2.24) is 0 Å². The molecule has 1 heteroatoms. The van der Waals surface area contributed by atoms with Crippen LogP contribution in [0.3, 0.4) is 0 Å². The first-order chi connectivity index (χ1) is 7.56. The van der Waals surface area contributed by atoms with Crippen LogP contribution in [0.5, 0.6) is 0 Å². The van der Waals surface area contributed by atoms with Gasteiger partial charge in [0.05, 0.1) is 0 Å². The van der Waals surface area contributed by atoms with Gasteiger partial charge >= 0.3 is 0 Å². The van der Waals surface area contributed by atoms with E-state index in [9.17, 15) is 0 Å². The highest BCUT2D eigenvalue weighted by Crippen LogP contribution is 2.35. The van der Waals surface area contributed by atoms with E-state index in [0.717, 1.165) is 5.92 Å². The average molecular weight is 221 g/mol. The molecular weight excluding hydrogens is 194 g/mol. The van der Waals surface area contributed by atoms with Crippen LogP contribution in [0, 0.1) is 11.8 Å². The van der Waals surface area contributed by atoms with E-state index in [2.05, 4.69) is 39.8 Å². The third-order valence-corrected chi connectivity index (χ3v) is 3.86. The molecule has 0 aromatic carbocycles. The zero-order valence-corrected chi connectivity index (χ0v) is 11.3. The van der Waals surface area contributed by atoms with E-state index >= 15 is 0 Å². The molecule has 0 aromatic rings. The molecular formula is C15H27N. The van der Waals surface area contributed by atoms with E-state index in [4.69, 9.17) is 5.73 Å². The smallest absolute Gasteiger partial charge is 0.00735 e. The van der Waals surface area contributed by atoms with Gasteiger partial charge in [-0.1, -0.05) is 37.5 Å². The lowest BCUT2D eigenvalue weighted by Crippen LogP contribution is -2.25. The van der Waals surface area contributed by atoms with Crippen molar-refractivity contribution in [1.29, 1.82) is 0 Å². The maximum atomic E-state index is 5.98. The van der Waals surface area contributed by atoms with Crippen molar-refractivity contribution in [2.45, 2.75) is 59.4 Å². The summed E-state index contributed by atoms with van der Waals surface area (Å²) in [5.74, 6) is 1.50. The Labute approximate surface area is 101 Å². The summed E-state index contributed by atoms with van der Waals surface area (Å²) in [6.07, 6.45) is 9.92. The summed E-state index contributed by atoms with van der Waals surface area (Å²) >= 11 is 0. The van der Waals surface area contributed by atoms with Crippen molar-refractivity contribution in [3.63, 3.8) is 0 Å². The Morgan fingerprint density at radius 1 is 1.38 bits per heavy atom. The molecule has 1 saturated carbocycles. The van der Waals surface area contributed by atoms with Gasteiger partial charge in [0, 0.05) is 6.04 Å². The third-order valence-electron chi connectivity index (χ3n) is 3.86. The molecule has 0 saturated heterocycles. The van der Waals surface area contributed by atoms with Gasteiger partial charge in [0.1, 0.15) is 0 Å². The Balaban J connectivity index is 2.66. The fourth-order valence-corrected chi connectivity index (χ4v) is 2.07. The van der Waals surface area contributed by atoms with Crippen molar-refractivity contribution in [2.24, 2.45) is 17.6 Å². The topological polar surface area (TPSA) is 26.0 Å². The SMILES string of the molecule is C/C=C\C(CCC1CC1)=C(/C)[C@@H](C)[C@H](C)N. The van der Waals surface area contributed by atoms with Crippen LogP contribution in [0.2, 0.25) is 0 Å². The van der Waals surface area contributed by atoms with Gasteiger partial charge in [-0.05, 0) is 51.0 Å². The second kappa shape index (κ2) is 6.24. The highest BCUT2D eigenvalue weighted by atomic mass is 14.6. The van der Waals surface area contributed by atoms with Crippen molar-refractivity contribution in [2.75, 3.05) is 0 Å². The van der Waals surface area contributed by atoms with Gasteiger partial charge in [0.25, 0.3) is 0 Å². The minimum atomic E-state index is 0.251. The predicted octanol–water partition coefficient (Wildman–Crippen LogP) is 4.05. The Hall–Kier alpha value is -0.560. The lowest BCUT2D eigenvalue weighted by Gasteiger charge is -2.19. The Kier molecular flexibility index (Phi) is 5.27. The number of hydrogen-bond donors (Lipinski definition) is 1. The molecule has 0 aromatic heterocycles. The molecule has 0 spiro atoms. The van der Waals surface area contributed by atoms with Crippen LogP contribution in [0.15, 0.2) is 23.3 Å². The minimum absolute atomic E-state index is 0.251. The van der Waals surface area contributed by atoms with Crippen molar-refractivity contribution in [3.8, 4) is 0 Å². The molecule has 0 aliphatic heterocycles. The van der Waals surface area contributed by atoms with E-state index in [1.165, 1.54) is 36.8 Å². The molecule has 92 valence electrons. The fraction of sp³-hybridized carbons (Fsp3) is 0.733. The second-order valence-corrected chi connectivity index (χ2v) is 5.34. The summed E-state index contributed by atoms with van der Waals surface area (Å²) in [7, 11) is 0. The number of allylic oxidation sites excluding steroid dienone is 3. The van der Waals surface area contributed by atoms with E-state index in [-0.39, 0.29) is 6.04 Å². The molecule has 0 heterocycles. The maximum Gasteiger partial charge on any atom is 0.00735 e. The van der Waals surface area contributed by atoms with Gasteiger partial charge < -0.3 is 5.73 Å². The molecule has 1 aliphatic rings. The lowest BCUT2D eigenvalue weighted by molar-refractivity contribution is 0.546. The fourth-order valence-electron chi connectivity index (χ4n) is 2.07. The van der Waals surface area contributed by atoms with E-state index in [1.807, 2.05) is 0 Å². The van der Waals surface area contributed by atoms with Crippen molar-refractivity contribution < 1.29 is 0 Å². The van der Waals surface area contributed by atoms with Gasteiger partial charge in [-0.25, -0.2) is 0 Å². The lowest BCUT2D eigenvalue weighted by atomic mass is 9.89. The first-order valence-electron chi connectivity index (χ1n) is 6.64. The first kappa shape index (κ1) is 13.5. The number of rotatable bonds is 6. The van der Waals surface area contributed by atoms with Crippen LogP contribution in [0.25, 0.3) is 0 Å². The van der Waals surface area contributed by atoms with Gasteiger partial charge in [-0.3, -0.25) is 0 Å². The van der Waals surface area contributed by atoms with E-state index in [1.54, 1.807) is 0 Å². The van der Waals surface area contributed by atoms with Crippen LogP contribution in [-0.4, -0.2) is 6.04 Å². The van der Waals surface area contributed by atoms with Crippen LogP contribution >= 0.6 is 0 Å². The summed E-state index contributed by atoms with van der Waals surface area (Å²) in [6.45, 7) is 8.68. The van der Waals surface area contributed by atoms with Gasteiger partial charge in [0.15, 0.2) is 0 Å². The van der Waals surface area contributed by atoms with E-state index < -0.39 is 0 Å². The van der Waals surface area contributed by atoms with Crippen LogP contribution in [0.1, 0.15) is 53.4 Å². The molecule has 0 radical (unpaired) electrons. The highest BCUT2D eigenvalue weighted by Gasteiger charge is 2.21. The van der Waals surface area contributed by atoms with Gasteiger partial charge in [0.2, 0.25) is 0 Å². The summed E-state index contributed by atoms with van der Waals surface area (Å²) in [5.41, 5.74) is 8.97. The molecule has 16 heavy (non-hydrogen) atoms. The second-order valence-electron chi connectivity index (χ2n) is 5.34. The molecule has 0 amide bonds. The number of nitrogens with two attached hydrogens (primary N) is 1. The summed E-state index contributed by atoms with van der Waals surface area (Å²) in [4.78, 5) is 0. The molecule has 2 atom stereocenters. The molecule has 1 rings (SSSR count). The Bertz CT molecular complexity index is 269. The van der Waals surface area contributed by atoms with Gasteiger partial charge in [-0.2, -0.15) is 0 Å². The molecule has 2 N–H and O–H groups in total. The normalized spacial score (nSPS) is 22.1. The first-order valence-corrected chi connectivity index (χ1v) is 6.64. The third kappa shape index (κ3) is 4.13. The molecule has 1 aliphatic carbocycles. The van der Waals surface area contributed by atoms with Crippen molar-refractivity contribution >= 4 is 0 Å². The predicted molar refractivity (Wildman–Crippen MR) is 72.3 cm³/mol. The van der Waals surface area contributed by atoms with E-state index in [0.29, 0.717) is 5.92 Å². The van der Waals surface area contributed by atoms with Crippen LogP contribution in [-0.2, 0) is 0 Å². The van der Waals surface area contributed by atoms with Crippen LogP contribution in [0.4, 0.5) is 0 Å². The van der Waals surface area contributed by atoms with Crippen molar-refractivity contribution in [3.05, 3.63) is 23.3 Å². The highest BCUT2D eigenvalue weighted by molar-refractivity contribution is 5.26. The standard InChI is InChI=1S/C15H27N/c1-5-6-15(10-9-14-7-8-14)12(3)11(2)13(4)16/h5-6,11,13-14H,7-10,16H2,1-4H3/b6-5-,15-12-/t11-,13+/m1/s1. The minimum Gasteiger partial charge on any atom is -0.327 e. The summed E-state index contributed by atoms with van der Waals surface area (Å²) in [6, 6.07) is 0.251. The quantitative estimate of drug-likeness (QED) is 0.673. The zero-order valence-electron chi connectivity index (χ0n) is 11.3. The molecule has 0 unspecified atom stereocenters. The molecule has 0 bridgehead atoms. The monoisotopic (exact) mass is 221 g/mol. The van der Waals surface area contributed by atoms with Gasteiger partial charge in [-0.15, -0.1) is 0 Å². The molecule has 1 fully saturated rings. The van der Waals surface area contributed by atoms with Crippen LogP contribution < -0.4 is 5.73 Å². The summed E-state index contributed by atoms with van der Waals surface area (Å²) < 4.78 is 0. The Morgan fingerprint density at radius 3 is 2.44 bits per heavy atom. The zero-order chi connectivity index (χ0) is 12.1. The average Bonchev–Trinajstić information content (AvgIpc) is 3.05. The number of hydrogen-bond acceptors (Lipinski definition) is 1. The Morgan fingerprint density at radius 2 is 2.00 bits per heavy atom. The molecule has 1 nitrogen and oxygen atoms in total. The maximum absolute atomic E-state index is 5.98. The largest absolute Gasteiger partial charge is 0.327 e. The summed E-state index contributed by atoms with van der Waals surface area (Å²) in [5, 5.41) is 0.